The maximum Gasteiger partial charge on any atom is 0.276 e. The van der Waals surface area contributed by atoms with E-state index in [0.29, 0.717) is 35.6 Å². The summed E-state index contributed by atoms with van der Waals surface area (Å²) < 4.78 is 11.5. The van der Waals surface area contributed by atoms with Crippen LogP contribution in [0.1, 0.15) is 17.1 Å². The maximum absolute atomic E-state index is 12.5. The fourth-order valence-corrected chi connectivity index (χ4v) is 3.68. The van der Waals surface area contributed by atoms with Crippen LogP contribution in [0.2, 0.25) is 0 Å². The van der Waals surface area contributed by atoms with E-state index in [4.69, 9.17) is 9.47 Å². The lowest BCUT2D eigenvalue weighted by Crippen LogP contribution is -2.38. The molecule has 0 radical (unpaired) electrons. The molecule has 30 heavy (non-hydrogen) atoms. The number of nitrogens with zero attached hydrogens (tertiary/aromatic N) is 3. The molecule has 3 heterocycles. The Morgan fingerprint density at radius 2 is 2.03 bits per heavy atom. The molecule has 2 aliphatic rings. The Labute approximate surface area is 173 Å². The summed E-state index contributed by atoms with van der Waals surface area (Å²) in [6, 6.07) is 7.88. The molecule has 0 saturated carbocycles. The highest BCUT2D eigenvalue weighted by molar-refractivity contribution is 5.92. The van der Waals surface area contributed by atoms with Crippen molar-refractivity contribution in [2.24, 2.45) is 0 Å². The predicted molar refractivity (Wildman–Crippen MR) is 114 cm³/mol. The first-order valence-electron chi connectivity index (χ1n) is 10.1. The van der Waals surface area contributed by atoms with Gasteiger partial charge in [0, 0.05) is 37.2 Å². The van der Waals surface area contributed by atoms with Crippen molar-refractivity contribution in [3.8, 4) is 5.75 Å². The molecule has 1 aliphatic carbocycles. The van der Waals surface area contributed by atoms with Crippen molar-refractivity contribution in [2.75, 3.05) is 39.5 Å². The van der Waals surface area contributed by atoms with Gasteiger partial charge < -0.3 is 14.5 Å². The topological polar surface area (TPSA) is 96.1 Å². The van der Waals surface area contributed by atoms with Gasteiger partial charge in [-0.15, -0.1) is 0 Å². The van der Waals surface area contributed by atoms with Gasteiger partial charge in [-0.05, 0) is 6.07 Å². The molecule has 8 heteroatoms. The minimum absolute atomic E-state index is 0.219. The van der Waals surface area contributed by atoms with Crippen molar-refractivity contribution in [3.63, 3.8) is 0 Å². The average molecular weight is 405 g/mol. The summed E-state index contributed by atoms with van der Waals surface area (Å²) in [7, 11) is 0. The van der Waals surface area contributed by atoms with Gasteiger partial charge in [0.05, 0.1) is 13.2 Å². The summed E-state index contributed by atoms with van der Waals surface area (Å²) in [5, 5.41) is 7.06. The van der Waals surface area contributed by atoms with Crippen LogP contribution in [0.15, 0.2) is 47.3 Å². The molecule has 1 saturated heterocycles. The van der Waals surface area contributed by atoms with Crippen LogP contribution in [0.3, 0.4) is 0 Å². The summed E-state index contributed by atoms with van der Waals surface area (Å²) in [6.07, 6.45) is 6.32. The van der Waals surface area contributed by atoms with Crippen LogP contribution in [0.5, 0.6) is 5.75 Å². The first-order chi connectivity index (χ1) is 14.8. The lowest BCUT2D eigenvalue weighted by Gasteiger charge is -2.26. The van der Waals surface area contributed by atoms with Crippen LogP contribution >= 0.6 is 0 Å². The average Bonchev–Trinajstić information content (AvgIpc) is 3.13. The second kappa shape index (κ2) is 8.25. The fraction of sp³-hybridized carbons (Fsp3) is 0.318. The molecule has 2 aromatic heterocycles. The van der Waals surface area contributed by atoms with E-state index in [-0.39, 0.29) is 5.56 Å². The third-order valence-electron chi connectivity index (χ3n) is 5.40. The quantitative estimate of drug-likeness (QED) is 0.623. The zero-order valence-electron chi connectivity index (χ0n) is 16.6. The molecule has 0 atom stereocenters. The van der Waals surface area contributed by atoms with Crippen LogP contribution < -0.4 is 10.3 Å². The van der Waals surface area contributed by atoms with Crippen LogP contribution in [0.25, 0.3) is 16.6 Å². The van der Waals surface area contributed by atoms with Gasteiger partial charge in [-0.25, -0.2) is 4.98 Å². The molecule has 3 aromatic rings. The highest BCUT2D eigenvalue weighted by Crippen LogP contribution is 2.25. The second-order valence-electron chi connectivity index (χ2n) is 7.38. The lowest BCUT2D eigenvalue weighted by molar-refractivity contribution is 0.0322. The monoisotopic (exact) mass is 405 g/mol. The van der Waals surface area contributed by atoms with Crippen molar-refractivity contribution >= 4 is 16.6 Å². The van der Waals surface area contributed by atoms with Crippen molar-refractivity contribution in [1.82, 2.24) is 25.1 Å². The number of hydrogen-bond acceptors (Lipinski definition) is 6. The summed E-state index contributed by atoms with van der Waals surface area (Å²) in [4.78, 5) is 22.4. The zero-order valence-corrected chi connectivity index (χ0v) is 16.6. The van der Waals surface area contributed by atoms with E-state index in [0.717, 1.165) is 49.7 Å². The SMILES string of the molecule is O=c1[nH]c(Cc2ccccc2OCCN2CCOCC2)nc2c(C3=CC=C3)n[nH]c12. The summed E-state index contributed by atoms with van der Waals surface area (Å²) in [6.45, 7) is 4.90. The number of benzene rings is 1. The van der Waals surface area contributed by atoms with Crippen LogP contribution in [-0.4, -0.2) is 64.5 Å². The van der Waals surface area contributed by atoms with E-state index in [1.807, 2.05) is 42.5 Å². The Bertz CT molecular complexity index is 1170. The number of aromatic nitrogens is 4. The number of aromatic amines is 2. The number of nitrogens with one attached hydrogen (secondary N) is 2. The highest BCUT2D eigenvalue weighted by atomic mass is 16.5. The van der Waals surface area contributed by atoms with E-state index in [9.17, 15) is 4.79 Å². The van der Waals surface area contributed by atoms with Gasteiger partial charge in [0.1, 0.15) is 34.9 Å². The molecule has 0 unspecified atom stereocenters. The summed E-state index contributed by atoms with van der Waals surface area (Å²) in [5.74, 6) is 1.40. The normalized spacial score (nSPS) is 16.5. The Morgan fingerprint density at radius 3 is 2.83 bits per heavy atom. The minimum Gasteiger partial charge on any atom is -0.492 e. The highest BCUT2D eigenvalue weighted by Gasteiger charge is 2.17. The number of hydrogen-bond donors (Lipinski definition) is 2. The second-order valence-corrected chi connectivity index (χ2v) is 7.38. The number of allylic oxidation sites excluding steroid dienone is 4. The Kier molecular flexibility index (Phi) is 5.17. The van der Waals surface area contributed by atoms with Gasteiger partial charge in [0.2, 0.25) is 0 Å². The van der Waals surface area contributed by atoms with Gasteiger partial charge in [0.15, 0.2) is 0 Å². The standard InChI is InChI=1S/C22H23N5O3/c28-22-21-20(19(25-26-21)15-5-3-6-15)23-18(24-22)14-16-4-1-2-7-17(16)30-13-10-27-8-11-29-12-9-27/h1-7H,8-14H2,(H,25,26)(H,23,24,28). The van der Waals surface area contributed by atoms with Gasteiger partial charge in [-0.1, -0.05) is 36.4 Å². The minimum atomic E-state index is -0.219. The van der Waals surface area contributed by atoms with Crippen molar-refractivity contribution < 1.29 is 9.47 Å². The Hall–Kier alpha value is -3.23. The third-order valence-corrected chi connectivity index (χ3v) is 5.40. The molecule has 1 aliphatic heterocycles. The zero-order chi connectivity index (χ0) is 20.3. The largest absolute Gasteiger partial charge is 0.492 e. The number of ether oxygens (including phenoxy) is 2. The molecule has 154 valence electrons. The molecule has 0 amide bonds. The molecule has 5 rings (SSSR count). The molecule has 1 fully saturated rings. The van der Waals surface area contributed by atoms with Gasteiger partial charge >= 0.3 is 0 Å². The molecular weight excluding hydrogens is 382 g/mol. The Morgan fingerprint density at radius 1 is 1.20 bits per heavy atom. The van der Waals surface area contributed by atoms with Crippen LogP contribution in [-0.2, 0) is 11.2 Å². The molecule has 2 N–H and O–H groups in total. The smallest absolute Gasteiger partial charge is 0.276 e. The van der Waals surface area contributed by atoms with Crippen molar-refractivity contribution in [2.45, 2.75) is 6.42 Å². The first kappa shape index (κ1) is 18.8. The van der Waals surface area contributed by atoms with E-state index >= 15 is 0 Å². The van der Waals surface area contributed by atoms with Gasteiger partial charge in [-0.2, -0.15) is 5.10 Å². The van der Waals surface area contributed by atoms with Crippen LogP contribution in [0, 0.1) is 0 Å². The van der Waals surface area contributed by atoms with Gasteiger partial charge in [-0.3, -0.25) is 14.8 Å². The number of fused-ring (bicyclic) bond motifs is 1. The van der Waals surface area contributed by atoms with Crippen molar-refractivity contribution in [3.05, 3.63) is 69.9 Å². The lowest BCUT2D eigenvalue weighted by atomic mass is 10.0. The molecule has 0 bridgehead atoms. The van der Waals surface area contributed by atoms with E-state index < -0.39 is 0 Å². The first-order valence-corrected chi connectivity index (χ1v) is 10.1. The number of morpholine rings is 1. The summed E-state index contributed by atoms with van der Waals surface area (Å²) >= 11 is 0. The van der Waals surface area contributed by atoms with E-state index in [1.54, 1.807) is 0 Å². The summed E-state index contributed by atoms with van der Waals surface area (Å²) in [5.41, 5.74) is 3.42. The van der Waals surface area contributed by atoms with Gasteiger partial charge in [0.25, 0.3) is 5.56 Å². The molecule has 1 aromatic carbocycles. The van der Waals surface area contributed by atoms with E-state index in [1.165, 1.54) is 0 Å². The van der Waals surface area contributed by atoms with Crippen molar-refractivity contribution in [1.29, 1.82) is 0 Å². The fourth-order valence-electron chi connectivity index (χ4n) is 3.68. The molecule has 0 spiro atoms. The number of para-hydroxylation sites is 1. The molecular formula is C22H23N5O3. The number of rotatable bonds is 7. The Balaban J connectivity index is 1.34. The molecule has 8 nitrogen and oxygen atoms in total. The predicted octanol–water partition coefficient (Wildman–Crippen LogP) is 1.90. The number of H-pyrrole nitrogens is 2. The van der Waals surface area contributed by atoms with Crippen LogP contribution in [0.4, 0.5) is 0 Å². The third kappa shape index (κ3) is 3.79. The maximum atomic E-state index is 12.5. The van der Waals surface area contributed by atoms with E-state index in [2.05, 4.69) is 25.1 Å².